The number of hydrogen-bond acceptors (Lipinski definition) is 3. The molecule has 0 N–H and O–H groups in total. The number of sulfonamides is 1. The Morgan fingerprint density at radius 1 is 1.39 bits per heavy atom. The molecule has 0 amide bonds. The Kier molecular flexibility index (Phi) is 4.36. The molecule has 0 aromatic carbocycles. The minimum atomic E-state index is -3.31. The van der Waals surface area contributed by atoms with Crippen molar-refractivity contribution in [1.29, 1.82) is 0 Å². The first-order valence-corrected chi connectivity index (χ1v) is 8.89. The normalized spacial score (nSPS) is 26.4. The van der Waals surface area contributed by atoms with Gasteiger partial charge in [-0.2, -0.15) is 4.31 Å². The average molecular weight is 308 g/mol. The first-order chi connectivity index (χ1) is 8.45. The predicted molar refractivity (Wildman–Crippen MR) is 75.6 cm³/mol. The van der Waals surface area contributed by atoms with E-state index in [1.165, 1.54) is 11.3 Å². The summed E-state index contributed by atoms with van der Waals surface area (Å²) in [5.74, 6) is 1.38. The average Bonchev–Trinajstić information content (AvgIpc) is 2.81. The van der Waals surface area contributed by atoms with Crippen LogP contribution in [0.1, 0.15) is 25.1 Å². The van der Waals surface area contributed by atoms with Gasteiger partial charge < -0.3 is 0 Å². The fourth-order valence-corrected chi connectivity index (χ4v) is 5.31. The van der Waals surface area contributed by atoms with E-state index in [1.54, 1.807) is 16.4 Å². The van der Waals surface area contributed by atoms with Gasteiger partial charge in [0.2, 0.25) is 0 Å². The molecule has 1 aromatic rings. The van der Waals surface area contributed by atoms with Gasteiger partial charge in [0, 0.05) is 18.0 Å². The Morgan fingerprint density at radius 2 is 2.11 bits per heavy atom. The second-order valence-corrected chi connectivity index (χ2v) is 8.56. The third kappa shape index (κ3) is 2.74. The lowest BCUT2D eigenvalue weighted by Gasteiger charge is -2.34. The Balaban J connectivity index is 2.21. The molecule has 3 nitrogen and oxygen atoms in total. The second kappa shape index (κ2) is 5.49. The highest BCUT2D eigenvalue weighted by Crippen LogP contribution is 2.30. The summed E-state index contributed by atoms with van der Waals surface area (Å²) in [7, 11) is -3.31. The maximum Gasteiger partial charge on any atom is 0.252 e. The third-order valence-electron chi connectivity index (χ3n) is 3.66. The van der Waals surface area contributed by atoms with Gasteiger partial charge in [-0.3, -0.25) is 0 Å². The van der Waals surface area contributed by atoms with Crippen molar-refractivity contribution in [3.05, 3.63) is 17.0 Å². The minimum absolute atomic E-state index is 0.369. The number of thiophene rings is 1. The van der Waals surface area contributed by atoms with Crippen molar-refractivity contribution < 1.29 is 8.42 Å². The zero-order chi connectivity index (χ0) is 13.3. The lowest BCUT2D eigenvalue weighted by Crippen LogP contribution is -2.41. The van der Waals surface area contributed by atoms with Gasteiger partial charge in [0.25, 0.3) is 10.0 Å². The van der Waals surface area contributed by atoms with E-state index in [0.717, 1.165) is 11.3 Å². The molecule has 1 fully saturated rings. The fraction of sp³-hybridized carbons (Fsp3) is 0.667. The standard InChI is InChI=1S/C12H18ClNO2S2/c1-9-5-6-14(8-10(9)2)18(15,16)12-4-3-11(7-13)17-12/h3-4,9-10H,5-8H2,1-2H3. The maximum absolute atomic E-state index is 12.5. The van der Waals surface area contributed by atoms with Crippen molar-refractivity contribution in [1.82, 2.24) is 4.31 Å². The van der Waals surface area contributed by atoms with Gasteiger partial charge in [-0.15, -0.1) is 22.9 Å². The van der Waals surface area contributed by atoms with Gasteiger partial charge in [-0.05, 0) is 30.4 Å². The van der Waals surface area contributed by atoms with Crippen LogP contribution in [0.5, 0.6) is 0 Å². The Bertz CT molecular complexity index is 512. The number of halogens is 1. The van der Waals surface area contributed by atoms with E-state index in [2.05, 4.69) is 13.8 Å². The largest absolute Gasteiger partial charge is 0.252 e. The molecule has 18 heavy (non-hydrogen) atoms. The molecular weight excluding hydrogens is 290 g/mol. The van der Waals surface area contributed by atoms with E-state index in [-0.39, 0.29) is 0 Å². The van der Waals surface area contributed by atoms with Crippen LogP contribution in [0.3, 0.4) is 0 Å². The maximum atomic E-state index is 12.5. The fourth-order valence-electron chi connectivity index (χ4n) is 2.14. The van der Waals surface area contributed by atoms with Gasteiger partial charge in [0.15, 0.2) is 0 Å². The zero-order valence-electron chi connectivity index (χ0n) is 10.6. The van der Waals surface area contributed by atoms with Gasteiger partial charge in [0.1, 0.15) is 4.21 Å². The number of rotatable bonds is 3. The Hall–Kier alpha value is -0.100. The predicted octanol–water partition coefficient (Wildman–Crippen LogP) is 3.15. The molecule has 2 unspecified atom stereocenters. The lowest BCUT2D eigenvalue weighted by atomic mass is 9.90. The summed E-state index contributed by atoms with van der Waals surface area (Å²) in [6.45, 7) is 5.55. The quantitative estimate of drug-likeness (QED) is 0.804. The number of nitrogens with zero attached hydrogens (tertiary/aromatic N) is 1. The summed E-state index contributed by atoms with van der Waals surface area (Å²) in [4.78, 5) is 0.897. The van der Waals surface area contributed by atoms with Gasteiger partial charge in [0.05, 0.1) is 5.88 Å². The van der Waals surface area contributed by atoms with Crippen LogP contribution in [-0.4, -0.2) is 25.8 Å². The van der Waals surface area contributed by atoms with E-state index in [4.69, 9.17) is 11.6 Å². The molecule has 1 aliphatic heterocycles. The lowest BCUT2D eigenvalue weighted by molar-refractivity contribution is 0.213. The molecule has 1 aliphatic rings. The Labute approximate surface area is 118 Å². The molecule has 2 atom stereocenters. The molecule has 1 aromatic heterocycles. The molecule has 0 saturated carbocycles. The van der Waals surface area contributed by atoms with Crippen molar-refractivity contribution in [3.63, 3.8) is 0 Å². The molecule has 0 spiro atoms. The zero-order valence-corrected chi connectivity index (χ0v) is 13.0. The minimum Gasteiger partial charge on any atom is -0.206 e. The number of hydrogen-bond donors (Lipinski definition) is 0. The molecule has 2 heterocycles. The number of alkyl halides is 1. The molecule has 0 aliphatic carbocycles. The molecule has 102 valence electrons. The molecule has 0 radical (unpaired) electrons. The summed E-state index contributed by atoms with van der Waals surface area (Å²) < 4.78 is 27.0. The van der Waals surface area contributed by atoms with E-state index in [1.807, 2.05) is 0 Å². The van der Waals surface area contributed by atoms with Crippen LogP contribution in [-0.2, 0) is 15.9 Å². The second-order valence-electron chi connectivity index (χ2n) is 4.96. The first-order valence-electron chi connectivity index (χ1n) is 6.10. The third-order valence-corrected chi connectivity index (χ3v) is 7.52. The summed E-state index contributed by atoms with van der Waals surface area (Å²) >= 11 is 6.99. The van der Waals surface area contributed by atoms with E-state index in [0.29, 0.717) is 35.0 Å². The van der Waals surface area contributed by atoms with Crippen molar-refractivity contribution in [2.75, 3.05) is 13.1 Å². The molecule has 6 heteroatoms. The van der Waals surface area contributed by atoms with Crippen LogP contribution in [0.15, 0.2) is 16.3 Å². The summed E-state index contributed by atoms with van der Waals surface area (Å²) in [6.07, 6.45) is 0.939. The summed E-state index contributed by atoms with van der Waals surface area (Å²) in [6, 6.07) is 3.46. The van der Waals surface area contributed by atoms with Gasteiger partial charge in [-0.1, -0.05) is 13.8 Å². The van der Waals surface area contributed by atoms with Gasteiger partial charge in [-0.25, -0.2) is 8.42 Å². The molecule has 0 bridgehead atoms. The van der Waals surface area contributed by atoms with E-state index >= 15 is 0 Å². The van der Waals surface area contributed by atoms with Crippen molar-refractivity contribution >= 4 is 33.0 Å². The summed E-state index contributed by atoms with van der Waals surface area (Å²) in [5, 5.41) is 0. The smallest absolute Gasteiger partial charge is 0.206 e. The number of piperidine rings is 1. The van der Waals surface area contributed by atoms with Crippen molar-refractivity contribution in [3.8, 4) is 0 Å². The van der Waals surface area contributed by atoms with Crippen molar-refractivity contribution in [2.24, 2.45) is 11.8 Å². The molecular formula is C12H18ClNO2S2. The Morgan fingerprint density at radius 3 is 2.67 bits per heavy atom. The highest BCUT2D eigenvalue weighted by Gasteiger charge is 2.32. The van der Waals surface area contributed by atoms with E-state index < -0.39 is 10.0 Å². The molecule has 2 rings (SSSR count). The monoisotopic (exact) mass is 307 g/mol. The summed E-state index contributed by atoms with van der Waals surface area (Å²) in [5.41, 5.74) is 0. The SMILES string of the molecule is CC1CCN(S(=O)(=O)c2ccc(CCl)s2)CC1C. The van der Waals surface area contributed by atoms with Crippen LogP contribution >= 0.6 is 22.9 Å². The first kappa shape index (κ1) is 14.3. The van der Waals surface area contributed by atoms with E-state index in [9.17, 15) is 8.42 Å². The van der Waals surface area contributed by atoms with Crippen LogP contribution in [0.2, 0.25) is 0 Å². The van der Waals surface area contributed by atoms with Gasteiger partial charge >= 0.3 is 0 Å². The molecule has 1 saturated heterocycles. The van der Waals surface area contributed by atoms with Crippen LogP contribution in [0, 0.1) is 11.8 Å². The highest BCUT2D eigenvalue weighted by molar-refractivity contribution is 7.91. The highest BCUT2D eigenvalue weighted by atomic mass is 35.5. The van der Waals surface area contributed by atoms with Crippen molar-refractivity contribution in [2.45, 2.75) is 30.4 Å². The van der Waals surface area contributed by atoms with Crippen LogP contribution < -0.4 is 0 Å². The van der Waals surface area contributed by atoms with Crippen LogP contribution in [0.4, 0.5) is 0 Å². The topological polar surface area (TPSA) is 37.4 Å². The van der Waals surface area contributed by atoms with Crippen LogP contribution in [0.25, 0.3) is 0 Å².